The van der Waals surface area contributed by atoms with Crippen molar-refractivity contribution in [2.45, 2.75) is 0 Å². The summed E-state index contributed by atoms with van der Waals surface area (Å²) in [6.07, 6.45) is 7.62. The number of methoxy groups -OCH3 is 1. The fraction of sp³-hybridized carbons (Fsp3) is 0.0417. The van der Waals surface area contributed by atoms with Crippen molar-refractivity contribution in [3.63, 3.8) is 0 Å². The normalized spacial score (nSPS) is 13.2. The monoisotopic (exact) mass is 352 g/mol. The third kappa shape index (κ3) is 3.40. The van der Waals surface area contributed by atoms with Gasteiger partial charge in [0.05, 0.1) is 12.8 Å². The third-order valence-corrected chi connectivity index (χ3v) is 4.71. The Morgan fingerprint density at radius 2 is 1.41 bits per heavy atom. The highest BCUT2D eigenvalue weighted by atomic mass is 16.5. The molecule has 4 rings (SSSR count). The molecule has 0 spiro atoms. The number of ether oxygens (including phenoxy) is 1. The molecule has 3 heteroatoms. The van der Waals surface area contributed by atoms with E-state index in [1.807, 2.05) is 60.7 Å². The summed E-state index contributed by atoms with van der Waals surface area (Å²) in [5.74, 6) is 0.851. The zero-order valence-corrected chi connectivity index (χ0v) is 15.1. The van der Waals surface area contributed by atoms with Crippen molar-refractivity contribution in [1.29, 1.82) is 5.41 Å². The molecule has 0 aromatic heterocycles. The largest absolute Gasteiger partial charge is 0.497 e. The van der Waals surface area contributed by atoms with E-state index in [0.717, 1.165) is 44.5 Å². The van der Waals surface area contributed by atoms with Crippen molar-refractivity contribution in [3.8, 4) is 5.75 Å². The number of rotatable bonds is 3. The SMILES string of the molecule is COc1ccc2cc(C(=C3C=CC(=N)C=C3)c3ccc(N)cc3)ccc2c1. The number of nitrogens with one attached hydrogen (secondary N) is 1. The molecule has 3 aromatic rings. The van der Waals surface area contributed by atoms with Gasteiger partial charge in [-0.3, -0.25) is 0 Å². The quantitative estimate of drug-likeness (QED) is 0.622. The van der Waals surface area contributed by atoms with Gasteiger partial charge in [-0.1, -0.05) is 42.5 Å². The molecular formula is C24H20N2O. The molecule has 27 heavy (non-hydrogen) atoms. The van der Waals surface area contributed by atoms with E-state index in [-0.39, 0.29) is 0 Å². The van der Waals surface area contributed by atoms with Gasteiger partial charge in [0, 0.05) is 5.69 Å². The number of benzene rings is 3. The maximum atomic E-state index is 7.78. The van der Waals surface area contributed by atoms with Crippen LogP contribution in [0.3, 0.4) is 0 Å². The molecule has 0 unspecified atom stereocenters. The van der Waals surface area contributed by atoms with E-state index < -0.39 is 0 Å². The van der Waals surface area contributed by atoms with E-state index >= 15 is 0 Å². The van der Waals surface area contributed by atoms with Crippen LogP contribution in [0, 0.1) is 5.41 Å². The van der Waals surface area contributed by atoms with Gasteiger partial charge in [0.25, 0.3) is 0 Å². The van der Waals surface area contributed by atoms with Crippen molar-refractivity contribution in [2.24, 2.45) is 0 Å². The maximum Gasteiger partial charge on any atom is 0.119 e. The molecule has 0 radical (unpaired) electrons. The minimum absolute atomic E-state index is 0.501. The van der Waals surface area contributed by atoms with E-state index in [1.165, 1.54) is 0 Å². The van der Waals surface area contributed by atoms with Gasteiger partial charge in [-0.05, 0) is 75.5 Å². The lowest BCUT2D eigenvalue weighted by Gasteiger charge is -2.15. The third-order valence-electron chi connectivity index (χ3n) is 4.71. The number of allylic oxidation sites excluding steroid dienone is 5. The molecule has 1 aliphatic carbocycles. The van der Waals surface area contributed by atoms with Gasteiger partial charge < -0.3 is 15.9 Å². The molecule has 0 saturated heterocycles. The standard InChI is InChI=1S/C24H20N2O/c1-27-23-13-8-18-14-20(3-2-19(18)15-23)24(16-4-9-21(25)10-5-16)17-6-11-22(26)12-7-17/h2-15,25H,26H2,1H3. The van der Waals surface area contributed by atoms with Crippen molar-refractivity contribution in [3.05, 3.63) is 102 Å². The molecule has 3 aromatic carbocycles. The Hall–Kier alpha value is -3.59. The predicted molar refractivity (Wildman–Crippen MR) is 113 cm³/mol. The second-order valence-corrected chi connectivity index (χ2v) is 6.50. The zero-order valence-electron chi connectivity index (χ0n) is 15.1. The molecule has 3 nitrogen and oxygen atoms in total. The van der Waals surface area contributed by atoms with Crippen molar-refractivity contribution in [2.75, 3.05) is 12.8 Å². The summed E-state index contributed by atoms with van der Waals surface area (Å²) in [6, 6.07) is 20.4. The summed E-state index contributed by atoms with van der Waals surface area (Å²) in [5.41, 5.74) is 11.5. The molecule has 0 heterocycles. The highest BCUT2D eigenvalue weighted by molar-refractivity contribution is 6.05. The number of fused-ring (bicyclic) bond motifs is 1. The van der Waals surface area contributed by atoms with E-state index in [2.05, 4.69) is 24.3 Å². The molecule has 0 aliphatic heterocycles. The van der Waals surface area contributed by atoms with Crippen molar-refractivity contribution >= 4 is 27.7 Å². The van der Waals surface area contributed by atoms with Crippen LogP contribution in [0.1, 0.15) is 11.1 Å². The summed E-state index contributed by atoms with van der Waals surface area (Å²) < 4.78 is 5.33. The van der Waals surface area contributed by atoms with Crippen LogP contribution >= 0.6 is 0 Å². The van der Waals surface area contributed by atoms with Gasteiger partial charge in [-0.15, -0.1) is 0 Å². The van der Waals surface area contributed by atoms with Crippen LogP contribution in [0.25, 0.3) is 16.3 Å². The fourth-order valence-corrected chi connectivity index (χ4v) is 3.29. The summed E-state index contributed by atoms with van der Waals surface area (Å²) in [6.45, 7) is 0. The minimum atomic E-state index is 0.501. The lowest BCUT2D eigenvalue weighted by Crippen LogP contribution is -1.97. The second-order valence-electron chi connectivity index (χ2n) is 6.50. The van der Waals surface area contributed by atoms with Crippen molar-refractivity contribution < 1.29 is 4.74 Å². The predicted octanol–water partition coefficient (Wildman–Crippen LogP) is 5.38. The van der Waals surface area contributed by atoms with Gasteiger partial charge >= 0.3 is 0 Å². The average Bonchev–Trinajstić information content (AvgIpc) is 2.70. The number of anilines is 1. The van der Waals surface area contributed by atoms with E-state index in [1.54, 1.807) is 7.11 Å². The average molecular weight is 352 g/mol. The zero-order chi connectivity index (χ0) is 18.8. The van der Waals surface area contributed by atoms with Gasteiger partial charge in [0.2, 0.25) is 0 Å². The first-order valence-electron chi connectivity index (χ1n) is 8.77. The number of hydrogen-bond donors (Lipinski definition) is 2. The maximum absolute atomic E-state index is 7.78. The van der Waals surface area contributed by atoms with Gasteiger partial charge in [-0.2, -0.15) is 0 Å². The Kier molecular flexibility index (Phi) is 4.35. The van der Waals surface area contributed by atoms with Gasteiger partial charge in [-0.25, -0.2) is 0 Å². The van der Waals surface area contributed by atoms with Crippen molar-refractivity contribution in [1.82, 2.24) is 0 Å². The summed E-state index contributed by atoms with van der Waals surface area (Å²) in [4.78, 5) is 0. The molecule has 0 atom stereocenters. The first-order chi connectivity index (χ1) is 13.1. The van der Waals surface area contributed by atoms with Crippen LogP contribution in [-0.2, 0) is 0 Å². The molecule has 1 aliphatic rings. The summed E-state index contributed by atoms with van der Waals surface area (Å²) in [7, 11) is 1.68. The number of nitrogens with two attached hydrogens (primary N) is 1. The first-order valence-corrected chi connectivity index (χ1v) is 8.77. The van der Waals surface area contributed by atoms with E-state index in [0.29, 0.717) is 5.71 Å². The Balaban J connectivity index is 1.91. The smallest absolute Gasteiger partial charge is 0.119 e. The van der Waals surface area contributed by atoms with Crippen LogP contribution in [0.2, 0.25) is 0 Å². The lowest BCUT2D eigenvalue weighted by molar-refractivity contribution is 0.415. The molecule has 3 N–H and O–H groups in total. The van der Waals surface area contributed by atoms with Gasteiger partial charge in [0.1, 0.15) is 5.75 Å². The topological polar surface area (TPSA) is 59.1 Å². The van der Waals surface area contributed by atoms with Crippen LogP contribution in [-0.4, -0.2) is 12.8 Å². The lowest BCUT2D eigenvalue weighted by atomic mass is 9.89. The molecule has 132 valence electrons. The minimum Gasteiger partial charge on any atom is -0.497 e. The molecule has 0 bridgehead atoms. The summed E-state index contributed by atoms with van der Waals surface area (Å²) in [5, 5.41) is 10.1. The highest BCUT2D eigenvalue weighted by Crippen LogP contribution is 2.32. The Bertz CT molecular complexity index is 1100. The van der Waals surface area contributed by atoms with Crippen LogP contribution in [0.4, 0.5) is 5.69 Å². The fourth-order valence-electron chi connectivity index (χ4n) is 3.29. The Morgan fingerprint density at radius 1 is 0.778 bits per heavy atom. The first kappa shape index (κ1) is 16.9. The summed E-state index contributed by atoms with van der Waals surface area (Å²) >= 11 is 0. The number of nitrogen functional groups attached to an aromatic ring is 1. The molecule has 0 saturated carbocycles. The molecular weight excluding hydrogens is 332 g/mol. The Morgan fingerprint density at radius 3 is 2.11 bits per heavy atom. The molecule has 0 fully saturated rings. The van der Waals surface area contributed by atoms with E-state index in [9.17, 15) is 0 Å². The van der Waals surface area contributed by atoms with Crippen LogP contribution in [0.15, 0.2) is 90.5 Å². The van der Waals surface area contributed by atoms with Crippen LogP contribution < -0.4 is 10.5 Å². The van der Waals surface area contributed by atoms with Crippen LogP contribution in [0.5, 0.6) is 5.75 Å². The van der Waals surface area contributed by atoms with E-state index in [4.69, 9.17) is 15.9 Å². The Labute approximate surface area is 158 Å². The second kappa shape index (κ2) is 6.96. The van der Waals surface area contributed by atoms with Gasteiger partial charge in [0.15, 0.2) is 0 Å². The number of hydrogen-bond acceptors (Lipinski definition) is 3. The molecule has 0 amide bonds. The highest BCUT2D eigenvalue weighted by Gasteiger charge is 2.12.